The number of anilines is 1. The van der Waals surface area contributed by atoms with Gasteiger partial charge in [-0.1, -0.05) is 0 Å². The van der Waals surface area contributed by atoms with E-state index in [-0.39, 0.29) is 0 Å². The van der Waals surface area contributed by atoms with Gasteiger partial charge in [0.05, 0.1) is 35.1 Å². The number of hydrogen-bond acceptors (Lipinski definition) is 3. The Labute approximate surface area is 97.2 Å². The number of pyridine rings is 1. The minimum atomic E-state index is -5.11. The molecule has 0 aliphatic carbocycles. The summed E-state index contributed by atoms with van der Waals surface area (Å²) in [5.74, 6) is -1.57. The van der Waals surface area contributed by atoms with E-state index in [2.05, 4.69) is 4.98 Å². The third-order valence-corrected chi connectivity index (χ3v) is 2.05. The number of carboxylic acids is 1. The number of carboxylic acid groups (broad SMARTS) is 1. The molecule has 0 saturated carbocycles. The van der Waals surface area contributed by atoms with Crippen LogP contribution < -0.4 is 5.73 Å². The third-order valence-electron chi connectivity index (χ3n) is 2.05. The minimum absolute atomic E-state index is 0.521. The molecule has 4 nitrogen and oxygen atoms in total. The minimum Gasteiger partial charge on any atom is -0.481 e. The molecule has 0 bridgehead atoms. The van der Waals surface area contributed by atoms with Crippen molar-refractivity contribution < 1.29 is 31.9 Å². The molecule has 3 N–H and O–H groups in total. The highest BCUT2D eigenvalue weighted by Crippen LogP contribution is 2.40. The lowest BCUT2D eigenvalue weighted by Crippen LogP contribution is -2.17. The first-order valence-corrected chi connectivity index (χ1v) is 4.49. The van der Waals surface area contributed by atoms with Gasteiger partial charge < -0.3 is 10.8 Å². The molecule has 9 heteroatoms. The summed E-state index contributed by atoms with van der Waals surface area (Å²) in [6.07, 6.45) is -9.14. The summed E-state index contributed by atoms with van der Waals surface area (Å²) in [5.41, 5.74) is -0.0464. The summed E-state index contributed by atoms with van der Waals surface area (Å²) in [4.78, 5) is 13.6. The zero-order valence-electron chi connectivity index (χ0n) is 8.63. The van der Waals surface area contributed by atoms with Gasteiger partial charge >= 0.3 is 12.1 Å². The van der Waals surface area contributed by atoms with E-state index in [9.17, 15) is 26.7 Å². The SMILES string of the molecule is Nc1cnc(CC(=O)O)c(C(F)F)c1C(F)(F)F. The maximum atomic E-state index is 12.7. The highest BCUT2D eigenvalue weighted by Gasteiger charge is 2.40. The monoisotopic (exact) mass is 270 g/mol. The fourth-order valence-electron chi connectivity index (χ4n) is 1.42. The van der Waals surface area contributed by atoms with Crippen molar-refractivity contribution in [2.75, 3.05) is 5.73 Å². The Morgan fingerprint density at radius 2 is 2.00 bits per heavy atom. The second-order valence-electron chi connectivity index (χ2n) is 3.32. The second-order valence-corrected chi connectivity index (χ2v) is 3.32. The lowest BCUT2D eigenvalue weighted by molar-refractivity contribution is -0.140. The zero-order chi connectivity index (χ0) is 14.1. The summed E-state index contributed by atoms with van der Waals surface area (Å²) in [6, 6.07) is 0. The smallest absolute Gasteiger partial charge is 0.418 e. The van der Waals surface area contributed by atoms with Gasteiger partial charge in [-0.25, -0.2) is 8.78 Å². The lowest BCUT2D eigenvalue weighted by atomic mass is 10.0. The first-order chi connectivity index (χ1) is 8.14. The summed E-state index contributed by atoms with van der Waals surface area (Å²) in [7, 11) is 0. The normalized spacial score (nSPS) is 11.9. The van der Waals surface area contributed by atoms with Crippen molar-refractivity contribution >= 4 is 11.7 Å². The van der Waals surface area contributed by atoms with Gasteiger partial charge in [-0.2, -0.15) is 13.2 Å². The molecule has 1 heterocycles. The van der Waals surface area contributed by atoms with Gasteiger partial charge in [0, 0.05) is 0 Å². The molecule has 0 aromatic carbocycles. The van der Waals surface area contributed by atoms with Crippen LogP contribution >= 0.6 is 0 Å². The van der Waals surface area contributed by atoms with Crippen LogP contribution in [0.1, 0.15) is 23.2 Å². The van der Waals surface area contributed by atoms with Crippen molar-refractivity contribution in [2.45, 2.75) is 19.0 Å². The quantitative estimate of drug-likeness (QED) is 0.826. The van der Waals surface area contributed by atoms with Crippen LogP contribution in [0.2, 0.25) is 0 Å². The summed E-state index contributed by atoms with van der Waals surface area (Å²) >= 11 is 0. The first-order valence-electron chi connectivity index (χ1n) is 4.49. The summed E-state index contributed by atoms with van der Waals surface area (Å²) < 4.78 is 63.1. The molecule has 0 amide bonds. The molecule has 0 spiro atoms. The van der Waals surface area contributed by atoms with E-state index in [0.29, 0.717) is 6.20 Å². The van der Waals surface area contributed by atoms with Crippen molar-refractivity contribution in [3.8, 4) is 0 Å². The van der Waals surface area contributed by atoms with E-state index in [1.165, 1.54) is 0 Å². The molecule has 0 atom stereocenters. The van der Waals surface area contributed by atoms with Crippen LogP contribution in [0.5, 0.6) is 0 Å². The number of nitrogens with zero attached hydrogens (tertiary/aromatic N) is 1. The highest BCUT2D eigenvalue weighted by molar-refractivity contribution is 5.71. The molecular weight excluding hydrogens is 263 g/mol. The van der Waals surface area contributed by atoms with Crippen molar-refractivity contribution in [2.24, 2.45) is 0 Å². The fraction of sp³-hybridized carbons (Fsp3) is 0.333. The average Bonchev–Trinajstić information content (AvgIpc) is 2.17. The van der Waals surface area contributed by atoms with Gasteiger partial charge in [-0.3, -0.25) is 9.78 Å². The third kappa shape index (κ3) is 2.84. The number of rotatable bonds is 3. The highest BCUT2D eigenvalue weighted by atomic mass is 19.4. The number of aliphatic carboxylic acids is 1. The van der Waals surface area contributed by atoms with Gasteiger partial charge in [-0.15, -0.1) is 0 Å². The Bertz CT molecular complexity index is 473. The number of carbonyl (C=O) groups is 1. The van der Waals surface area contributed by atoms with E-state index >= 15 is 0 Å². The van der Waals surface area contributed by atoms with Crippen LogP contribution in [0.3, 0.4) is 0 Å². The zero-order valence-corrected chi connectivity index (χ0v) is 8.63. The predicted molar refractivity (Wildman–Crippen MR) is 49.9 cm³/mol. The molecule has 1 rings (SSSR count). The van der Waals surface area contributed by atoms with Gasteiger partial charge in [0.15, 0.2) is 0 Å². The van der Waals surface area contributed by atoms with Gasteiger partial charge in [-0.05, 0) is 0 Å². The van der Waals surface area contributed by atoms with Gasteiger partial charge in [0.2, 0.25) is 0 Å². The van der Waals surface area contributed by atoms with Crippen molar-refractivity contribution in [3.63, 3.8) is 0 Å². The average molecular weight is 270 g/mol. The van der Waals surface area contributed by atoms with E-state index < -0.39 is 47.5 Å². The predicted octanol–water partition coefficient (Wildman–Crippen LogP) is 2.25. The van der Waals surface area contributed by atoms with Crippen LogP contribution in [0.4, 0.5) is 27.6 Å². The largest absolute Gasteiger partial charge is 0.481 e. The Hall–Kier alpha value is -1.93. The molecule has 1 aromatic heterocycles. The van der Waals surface area contributed by atoms with Crippen LogP contribution in [-0.4, -0.2) is 16.1 Å². The number of nitrogens with two attached hydrogens (primary N) is 1. The van der Waals surface area contributed by atoms with Crippen molar-refractivity contribution in [1.82, 2.24) is 4.98 Å². The van der Waals surface area contributed by atoms with Crippen LogP contribution in [0.15, 0.2) is 6.20 Å². The van der Waals surface area contributed by atoms with E-state index in [0.717, 1.165) is 0 Å². The first kappa shape index (κ1) is 14.1. The number of halogens is 5. The van der Waals surface area contributed by atoms with E-state index in [1.807, 2.05) is 0 Å². The van der Waals surface area contributed by atoms with E-state index in [1.54, 1.807) is 0 Å². The summed E-state index contributed by atoms with van der Waals surface area (Å²) in [6.45, 7) is 0. The molecule has 0 unspecified atom stereocenters. The number of alkyl halides is 5. The maximum Gasteiger partial charge on any atom is 0.418 e. The lowest BCUT2D eigenvalue weighted by Gasteiger charge is -2.17. The van der Waals surface area contributed by atoms with Crippen LogP contribution in [0, 0.1) is 0 Å². The molecule has 18 heavy (non-hydrogen) atoms. The molecule has 100 valence electrons. The standard InChI is InChI=1S/C9H7F5N2O2/c10-8(11)6-4(1-5(17)18)16-2-3(15)7(6)9(12,13)14/h2,8H,1,15H2,(H,17,18). The molecular formula is C9H7F5N2O2. The van der Waals surface area contributed by atoms with E-state index in [4.69, 9.17) is 10.8 Å². The number of nitrogen functional groups attached to an aromatic ring is 1. The van der Waals surface area contributed by atoms with Gasteiger partial charge in [0.1, 0.15) is 0 Å². The summed E-state index contributed by atoms with van der Waals surface area (Å²) in [5, 5.41) is 8.44. The second kappa shape index (κ2) is 4.75. The number of hydrogen-bond donors (Lipinski definition) is 2. The van der Waals surface area contributed by atoms with Crippen molar-refractivity contribution in [1.29, 1.82) is 0 Å². The maximum absolute atomic E-state index is 12.7. The molecule has 0 fully saturated rings. The Morgan fingerprint density at radius 3 is 2.39 bits per heavy atom. The van der Waals surface area contributed by atoms with Crippen molar-refractivity contribution in [3.05, 3.63) is 23.0 Å². The Morgan fingerprint density at radius 1 is 1.44 bits per heavy atom. The molecule has 0 aliphatic heterocycles. The molecule has 0 radical (unpaired) electrons. The van der Waals surface area contributed by atoms with Gasteiger partial charge in [0.25, 0.3) is 6.43 Å². The van der Waals surface area contributed by atoms with Crippen LogP contribution in [0.25, 0.3) is 0 Å². The Balaban J connectivity index is 3.53. The number of aromatic nitrogens is 1. The molecule has 0 aliphatic rings. The topological polar surface area (TPSA) is 76.2 Å². The Kier molecular flexibility index (Phi) is 3.73. The molecule has 1 aromatic rings. The molecule has 0 saturated heterocycles. The fourth-order valence-corrected chi connectivity index (χ4v) is 1.42. The van der Waals surface area contributed by atoms with Crippen LogP contribution in [-0.2, 0) is 17.4 Å².